The molecule has 0 saturated heterocycles. The van der Waals surface area contributed by atoms with Crippen molar-refractivity contribution in [3.63, 3.8) is 0 Å². The molecule has 0 bridgehead atoms. The molecule has 0 fully saturated rings. The highest BCUT2D eigenvalue weighted by atomic mass is 16.5. The smallest absolute Gasteiger partial charge is 0.193 e. The van der Waals surface area contributed by atoms with E-state index in [1.54, 1.807) is 0 Å². The van der Waals surface area contributed by atoms with Gasteiger partial charge in [0.2, 0.25) is 0 Å². The van der Waals surface area contributed by atoms with Gasteiger partial charge in [-0.05, 0) is 30.7 Å². The highest BCUT2D eigenvalue weighted by Gasteiger charge is 2.16. The first-order valence-electron chi connectivity index (χ1n) is 7.40. The van der Waals surface area contributed by atoms with Crippen molar-refractivity contribution in [1.82, 2.24) is 15.0 Å². The van der Waals surface area contributed by atoms with Crippen LogP contribution in [0.4, 0.5) is 0 Å². The first kappa shape index (κ1) is 13.6. The Labute approximate surface area is 124 Å². The lowest BCUT2D eigenvalue weighted by Gasteiger charge is -2.19. The van der Waals surface area contributed by atoms with Gasteiger partial charge in [-0.3, -0.25) is 0 Å². The maximum atomic E-state index is 6.13. The van der Waals surface area contributed by atoms with Crippen molar-refractivity contribution in [2.45, 2.75) is 32.4 Å². The third-order valence-electron chi connectivity index (χ3n) is 3.47. The first-order chi connectivity index (χ1) is 10.4. The van der Waals surface area contributed by atoms with E-state index in [0.717, 1.165) is 36.0 Å². The minimum Gasteiger partial charge on any atom is -0.469 e. The average Bonchev–Trinajstić information content (AvgIpc) is 2.96. The summed E-state index contributed by atoms with van der Waals surface area (Å²) in [6.45, 7) is 2.18. The molecule has 108 valence electrons. The summed E-state index contributed by atoms with van der Waals surface area (Å²) in [5.41, 5.74) is 1.91. The van der Waals surface area contributed by atoms with Crippen molar-refractivity contribution >= 4 is 11.0 Å². The van der Waals surface area contributed by atoms with E-state index in [-0.39, 0.29) is 6.23 Å². The fourth-order valence-corrected chi connectivity index (χ4v) is 2.37. The Bertz CT molecular complexity index is 693. The molecular weight excluding hydrogens is 262 g/mol. The van der Waals surface area contributed by atoms with E-state index in [4.69, 9.17) is 4.74 Å². The van der Waals surface area contributed by atoms with Crippen molar-refractivity contribution in [3.05, 3.63) is 54.6 Å². The number of nitrogens with zero attached hydrogens (tertiary/aromatic N) is 3. The van der Waals surface area contributed by atoms with Crippen LogP contribution in [0, 0.1) is 0 Å². The van der Waals surface area contributed by atoms with Crippen LogP contribution in [0.1, 0.15) is 32.4 Å². The molecule has 2 aromatic carbocycles. The van der Waals surface area contributed by atoms with Crippen LogP contribution in [0.3, 0.4) is 0 Å². The second-order valence-electron chi connectivity index (χ2n) is 5.05. The lowest BCUT2D eigenvalue weighted by molar-refractivity contribution is 0.108. The van der Waals surface area contributed by atoms with E-state index in [1.807, 2.05) is 59.3 Å². The molecule has 0 aliphatic heterocycles. The molecule has 0 N–H and O–H groups in total. The zero-order chi connectivity index (χ0) is 14.5. The first-order valence-corrected chi connectivity index (χ1v) is 7.40. The minimum atomic E-state index is -0.125. The van der Waals surface area contributed by atoms with Gasteiger partial charge >= 0.3 is 0 Å². The molecule has 3 rings (SSSR count). The molecule has 0 aliphatic rings. The Morgan fingerprint density at radius 3 is 2.62 bits per heavy atom. The highest BCUT2D eigenvalue weighted by molar-refractivity contribution is 5.73. The van der Waals surface area contributed by atoms with Crippen LogP contribution < -0.4 is 4.74 Å². The quantitative estimate of drug-likeness (QED) is 0.680. The molecule has 1 aromatic heterocycles. The molecule has 3 aromatic rings. The van der Waals surface area contributed by atoms with E-state index in [2.05, 4.69) is 17.2 Å². The largest absolute Gasteiger partial charge is 0.469 e. The molecule has 0 aliphatic carbocycles. The topological polar surface area (TPSA) is 39.9 Å². The van der Waals surface area contributed by atoms with Crippen molar-refractivity contribution < 1.29 is 4.74 Å². The van der Waals surface area contributed by atoms with E-state index < -0.39 is 0 Å². The Balaban J connectivity index is 1.91. The van der Waals surface area contributed by atoms with Crippen LogP contribution in [0.2, 0.25) is 0 Å². The van der Waals surface area contributed by atoms with Crippen LogP contribution in [0.15, 0.2) is 54.6 Å². The number of benzene rings is 2. The van der Waals surface area contributed by atoms with Gasteiger partial charge in [0.05, 0.1) is 5.52 Å². The van der Waals surface area contributed by atoms with Gasteiger partial charge < -0.3 is 4.74 Å². The molecule has 4 nitrogen and oxygen atoms in total. The summed E-state index contributed by atoms with van der Waals surface area (Å²) in [5.74, 6) is 0.859. The molecule has 0 spiro atoms. The number of aromatic nitrogens is 3. The summed E-state index contributed by atoms with van der Waals surface area (Å²) in [7, 11) is 0. The highest BCUT2D eigenvalue weighted by Crippen LogP contribution is 2.24. The van der Waals surface area contributed by atoms with Crippen molar-refractivity contribution in [2.75, 3.05) is 0 Å². The Kier molecular flexibility index (Phi) is 4.15. The normalized spacial score (nSPS) is 12.4. The number of hydrogen-bond acceptors (Lipinski definition) is 3. The molecule has 1 heterocycles. The zero-order valence-electron chi connectivity index (χ0n) is 12.1. The zero-order valence-corrected chi connectivity index (χ0v) is 12.1. The van der Waals surface area contributed by atoms with Gasteiger partial charge in [-0.15, -0.1) is 5.10 Å². The summed E-state index contributed by atoms with van der Waals surface area (Å²) in [5, 5.41) is 8.51. The van der Waals surface area contributed by atoms with E-state index in [1.165, 1.54) is 0 Å². The number of rotatable bonds is 6. The summed E-state index contributed by atoms with van der Waals surface area (Å²) >= 11 is 0. The third-order valence-corrected chi connectivity index (χ3v) is 3.47. The van der Waals surface area contributed by atoms with Crippen LogP contribution >= 0.6 is 0 Å². The van der Waals surface area contributed by atoms with E-state index in [9.17, 15) is 0 Å². The minimum absolute atomic E-state index is 0.125. The SMILES string of the molecule is CCCCC(Oc1ccccc1)n1nnc2ccccc21. The summed E-state index contributed by atoms with van der Waals surface area (Å²) in [6.07, 6.45) is 3.01. The van der Waals surface area contributed by atoms with Crippen molar-refractivity contribution in [1.29, 1.82) is 0 Å². The van der Waals surface area contributed by atoms with Crippen molar-refractivity contribution in [2.24, 2.45) is 0 Å². The summed E-state index contributed by atoms with van der Waals surface area (Å²) in [4.78, 5) is 0. The second kappa shape index (κ2) is 6.39. The number of fused-ring (bicyclic) bond motifs is 1. The predicted octanol–water partition coefficient (Wildman–Crippen LogP) is 4.20. The van der Waals surface area contributed by atoms with Gasteiger partial charge in [0.1, 0.15) is 11.3 Å². The number of unbranched alkanes of at least 4 members (excludes halogenated alkanes) is 1. The number of ether oxygens (including phenoxy) is 1. The fraction of sp³-hybridized carbons (Fsp3) is 0.294. The van der Waals surface area contributed by atoms with Gasteiger partial charge in [-0.25, -0.2) is 4.68 Å². The molecule has 0 radical (unpaired) electrons. The van der Waals surface area contributed by atoms with Gasteiger partial charge in [0.25, 0.3) is 0 Å². The lowest BCUT2D eigenvalue weighted by Crippen LogP contribution is -2.17. The van der Waals surface area contributed by atoms with Crippen LogP contribution in [0.25, 0.3) is 11.0 Å². The molecule has 21 heavy (non-hydrogen) atoms. The Hall–Kier alpha value is -2.36. The maximum absolute atomic E-state index is 6.13. The molecule has 0 saturated carbocycles. The van der Waals surface area contributed by atoms with Crippen LogP contribution in [0.5, 0.6) is 5.75 Å². The molecular formula is C17H19N3O. The van der Waals surface area contributed by atoms with Gasteiger partial charge in [0.15, 0.2) is 6.23 Å². The van der Waals surface area contributed by atoms with Gasteiger partial charge in [-0.1, -0.05) is 48.9 Å². The summed E-state index contributed by atoms with van der Waals surface area (Å²) < 4.78 is 8.02. The monoisotopic (exact) mass is 281 g/mol. The van der Waals surface area contributed by atoms with Crippen LogP contribution in [-0.4, -0.2) is 15.0 Å². The predicted molar refractivity (Wildman–Crippen MR) is 83.2 cm³/mol. The molecule has 1 unspecified atom stereocenters. The van der Waals surface area contributed by atoms with E-state index in [0.29, 0.717) is 0 Å². The number of para-hydroxylation sites is 2. The summed E-state index contributed by atoms with van der Waals surface area (Å²) in [6, 6.07) is 17.9. The van der Waals surface area contributed by atoms with Gasteiger partial charge in [-0.2, -0.15) is 0 Å². The standard InChI is InChI=1S/C17H19N3O/c1-2-3-13-17(21-14-9-5-4-6-10-14)20-16-12-8-7-11-15(16)18-19-20/h4-12,17H,2-3,13H2,1H3. The average molecular weight is 281 g/mol. The second-order valence-corrected chi connectivity index (χ2v) is 5.05. The third kappa shape index (κ3) is 3.05. The maximum Gasteiger partial charge on any atom is 0.193 e. The molecule has 1 atom stereocenters. The van der Waals surface area contributed by atoms with Crippen molar-refractivity contribution in [3.8, 4) is 5.75 Å². The van der Waals surface area contributed by atoms with E-state index >= 15 is 0 Å². The Morgan fingerprint density at radius 2 is 1.81 bits per heavy atom. The Morgan fingerprint density at radius 1 is 1.05 bits per heavy atom. The van der Waals surface area contributed by atoms with Gasteiger partial charge in [0, 0.05) is 6.42 Å². The molecule has 4 heteroatoms. The lowest BCUT2D eigenvalue weighted by atomic mass is 10.2. The molecule has 0 amide bonds. The fourth-order valence-electron chi connectivity index (χ4n) is 2.37. The van der Waals surface area contributed by atoms with Crippen LogP contribution in [-0.2, 0) is 0 Å². The number of hydrogen-bond donors (Lipinski definition) is 0.